The zero-order valence-electron chi connectivity index (χ0n) is 17.3. The number of esters is 2. The predicted octanol–water partition coefficient (Wildman–Crippen LogP) is 5.04. The van der Waals surface area contributed by atoms with Crippen molar-refractivity contribution < 1.29 is 19.1 Å². The van der Waals surface area contributed by atoms with Gasteiger partial charge in [0.1, 0.15) is 0 Å². The quantitative estimate of drug-likeness (QED) is 0.318. The minimum Gasteiger partial charge on any atom is -0.466 e. The molecule has 0 amide bonds. The van der Waals surface area contributed by atoms with Crippen LogP contribution in [-0.4, -0.2) is 25.2 Å². The van der Waals surface area contributed by atoms with Crippen LogP contribution in [0.3, 0.4) is 0 Å². The Morgan fingerprint density at radius 2 is 1.62 bits per heavy atom. The Kier molecular flexibility index (Phi) is 12.8. The van der Waals surface area contributed by atoms with Crippen LogP contribution in [0.1, 0.15) is 86.0 Å². The van der Waals surface area contributed by atoms with Crippen molar-refractivity contribution in [1.82, 2.24) is 0 Å². The van der Waals surface area contributed by atoms with E-state index >= 15 is 0 Å². The largest absolute Gasteiger partial charge is 0.466 e. The monoisotopic (exact) mass is 367 g/mol. The molecule has 0 radical (unpaired) electrons. The van der Waals surface area contributed by atoms with Gasteiger partial charge in [0.2, 0.25) is 0 Å². The summed E-state index contributed by atoms with van der Waals surface area (Å²) < 4.78 is 10.5. The summed E-state index contributed by atoms with van der Waals surface area (Å²) in [4.78, 5) is 25.4. The van der Waals surface area contributed by atoms with Crippen molar-refractivity contribution in [2.24, 2.45) is 17.3 Å². The molecule has 0 rings (SSSR count). The third kappa shape index (κ3) is 7.76. The maximum atomic E-state index is 12.8. The molecule has 0 fully saturated rings. The summed E-state index contributed by atoms with van der Waals surface area (Å²) in [5.41, 5.74) is -1.45. The standard InChI is InChI=1S/C21H37NO4/c1-6-9-10-11-14-18(19(23)25-7-2)21(16-22,20(24)26-8-3)15-12-13-17(4)5/h17-18H,6-15H2,1-5H3. The van der Waals surface area contributed by atoms with Crippen molar-refractivity contribution in [3.05, 3.63) is 0 Å². The molecule has 0 aliphatic rings. The number of hydrogen-bond acceptors (Lipinski definition) is 5. The van der Waals surface area contributed by atoms with Gasteiger partial charge < -0.3 is 9.47 Å². The molecular formula is C21H37NO4. The molecule has 0 N–H and O–H groups in total. The van der Waals surface area contributed by atoms with Crippen LogP contribution in [-0.2, 0) is 19.1 Å². The highest BCUT2D eigenvalue weighted by Gasteiger charge is 2.51. The first-order valence-electron chi connectivity index (χ1n) is 10.1. The molecule has 0 saturated heterocycles. The first kappa shape index (κ1) is 24.4. The van der Waals surface area contributed by atoms with E-state index in [1.165, 1.54) is 0 Å². The lowest BCUT2D eigenvalue weighted by molar-refractivity contribution is -0.166. The SMILES string of the molecule is CCCCCCC(C(=O)OCC)C(C#N)(CCCC(C)C)C(=O)OCC. The second kappa shape index (κ2) is 13.6. The van der Waals surface area contributed by atoms with Crippen molar-refractivity contribution in [2.45, 2.75) is 86.0 Å². The molecule has 0 spiro atoms. The molecule has 26 heavy (non-hydrogen) atoms. The molecule has 0 aliphatic heterocycles. The third-order valence-corrected chi connectivity index (χ3v) is 4.70. The smallest absolute Gasteiger partial charge is 0.327 e. The van der Waals surface area contributed by atoms with Gasteiger partial charge in [0.25, 0.3) is 0 Å². The molecule has 150 valence electrons. The van der Waals surface area contributed by atoms with Gasteiger partial charge in [-0.3, -0.25) is 9.59 Å². The van der Waals surface area contributed by atoms with E-state index in [-0.39, 0.29) is 13.2 Å². The van der Waals surface area contributed by atoms with E-state index in [2.05, 4.69) is 26.8 Å². The van der Waals surface area contributed by atoms with E-state index in [1.54, 1.807) is 13.8 Å². The highest BCUT2D eigenvalue weighted by Crippen LogP contribution is 2.39. The van der Waals surface area contributed by atoms with Gasteiger partial charge in [-0.15, -0.1) is 0 Å². The molecule has 0 aliphatic carbocycles. The third-order valence-electron chi connectivity index (χ3n) is 4.70. The second-order valence-corrected chi connectivity index (χ2v) is 7.24. The Morgan fingerprint density at radius 3 is 2.12 bits per heavy atom. The highest BCUT2D eigenvalue weighted by atomic mass is 16.5. The highest BCUT2D eigenvalue weighted by molar-refractivity contribution is 5.88. The summed E-state index contributed by atoms with van der Waals surface area (Å²) in [6.45, 7) is 10.2. The van der Waals surface area contributed by atoms with Crippen LogP contribution in [0.15, 0.2) is 0 Å². The van der Waals surface area contributed by atoms with Gasteiger partial charge in [-0.2, -0.15) is 5.26 Å². The van der Waals surface area contributed by atoms with Crippen LogP contribution in [0.5, 0.6) is 0 Å². The lowest BCUT2D eigenvalue weighted by Gasteiger charge is -2.31. The molecule has 5 nitrogen and oxygen atoms in total. The van der Waals surface area contributed by atoms with Crippen LogP contribution in [0.2, 0.25) is 0 Å². The zero-order chi connectivity index (χ0) is 20.0. The van der Waals surface area contributed by atoms with Crippen LogP contribution in [0.4, 0.5) is 0 Å². The van der Waals surface area contributed by atoms with Gasteiger partial charge in [-0.05, 0) is 32.6 Å². The molecule has 0 aromatic carbocycles. The van der Waals surface area contributed by atoms with E-state index in [4.69, 9.17) is 9.47 Å². The summed E-state index contributed by atoms with van der Waals surface area (Å²) in [6, 6.07) is 2.18. The van der Waals surface area contributed by atoms with Gasteiger partial charge in [0.05, 0.1) is 25.2 Å². The number of hydrogen-bond donors (Lipinski definition) is 0. The number of ether oxygens (including phenoxy) is 2. The normalized spacial score (nSPS) is 14.3. The Morgan fingerprint density at radius 1 is 0.962 bits per heavy atom. The van der Waals surface area contributed by atoms with E-state index < -0.39 is 23.3 Å². The molecule has 2 atom stereocenters. The molecule has 5 heteroatoms. The first-order chi connectivity index (χ1) is 12.4. The van der Waals surface area contributed by atoms with E-state index in [0.29, 0.717) is 25.2 Å². The van der Waals surface area contributed by atoms with Gasteiger partial charge in [0.15, 0.2) is 5.41 Å². The summed E-state index contributed by atoms with van der Waals surface area (Å²) in [7, 11) is 0. The fourth-order valence-electron chi connectivity index (χ4n) is 3.23. The number of carbonyl (C=O) groups excluding carboxylic acids is 2. The number of nitriles is 1. The van der Waals surface area contributed by atoms with Crippen molar-refractivity contribution in [3.63, 3.8) is 0 Å². The van der Waals surface area contributed by atoms with Crippen molar-refractivity contribution in [1.29, 1.82) is 5.26 Å². The first-order valence-corrected chi connectivity index (χ1v) is 10.1. The van der Waals surface area contributed by atoms with Crippen LogP contribution in [0, 0.1) is 28.6 Å². The van der Waals surface area contributed by atoms with Crippen LogP contribution < -0.4 is 0 Å². The lowest BCUT2D eigenvalue weighted by Crippen LogP contribution is -2.43. The Balaban J connectivity index is 5.59. The van der Waals surface area contributed by atoms with Crippen molar-refractivity contribution >= 4 is 11.9 Å². The summed E-state index contributed by atoms with van der Waals surface area (Å²) in [6.07, 6.45) is 6.34. The molecule has 0 bridgehead atoms. The minimum atomic E-state index is -1.45. The number of carbonyl (C=O) groups is 2. The van der Waals surface area contributed by atoms with Crippen molar-refractivity contribution in [3.8, 4) is 6.07 Å². The van der Waals surface area contributed by atoms with Crippen LogP contribution in [0.25, 0.3) is 0 Å². The van der Waals surface area contributed by atoms with Gasteiger partial charge in [-0.25, -0.2) is 0 Å². The van der Waals surface area contributed by atoms with E-state index in [9.17, 15) is 14.9 Å². The predicted molar refractivity (Wildman–Crippen MR) is 102 cm³/mol. The van der Waals surface area contributed by atoms with E-state index in [0.717, 1.165) is 32.1 Å². The maximum Gasteiger partial charge on any atom is 0.327 e. The van der Waals surface area contributed by atoms with Gasteiger partial charge in [-0.1, -0.05) is 59.3 Å². The lowest BCUT2D eigenvalue weighted by atomic mass is 9.70. The number of unbranched alkanes of at least 4 members (excludes halogenated alkanes) is 3. The number of rotatable bonds is 14. The minimum absolute atomic E-state index is 0.192. The van der Waals surface area contributed by atoms with Crippen molar-refractivity contribution in [2.75, 3.05) is 13.2 Å². The Labute approximate surface area is 159 Å². The summed E-state index contributed by atoms with van der Waals surface area (Å²) in [5.74, 6) is -1.34. The van der Waals surface area contributed by atoms with Gasteiger partial charge >= 0.3 is 11.9 Å². The average molecular weight is 368 g/mol. The molecule has 0 aromatic heterocycles. The number of nitrogens with zero attached hydrogens (tertiary/aromatic N) is 1. The average Bonchev–Trinajstić information content (AvgIpc) is 2.59. The van der Waals surface area contributed by atoms with Gasteiger partial charge in [0, 0.05) is 0 Å². The Bertz CT molecular complexity index is 455. The maximum absolute atomic E-state index is 12.8. The molecule has 0 aromatic rings. The second-order valence-electron chi connectivity index (χ2n) is 7.24. The van der Waals surface area contributed by atoms with Crippen LogP contribution >= 0.6 is 0 Å². The molecular weight excluding hydrogens is 330 g/mol. The fourth-order valence-corrected chi connectivity index (χ4v) is 3.23. The van der Waals surface area contributed by atoms with E-state index in [1.807, 2.05) is 0 Å². The fraction of sp³-hybridized carbons (Fsp3) is 0.857. The topological polar surface area (TPSA) is 76.4 Å². The molecule has 0 saturated carbocycles. The summed E-state index contributed by atoms with van der Waals surface area (Å²) in [5, 5.41) is 9.97. The molecule has 0 heterocycles. The summed E-state index contributed by atoms with van der Waals surface area (Å²) >= 11 is 0. The zero-order valence-corrected chi connectivity index (χ0v) is 17.3. The Hall–Kier alpha value is -1.57. The molecule has 2 unspecified atom stereocenters.